The molecule has 1 aromatic rings. The maximum absolute atomic E-state index is 12.5. The lowest BCUT2D eigenvalue weighted by molar-refractivity contribution is 0.00191. The van der Waals surface area contributed by atoms with Crippen LogP contribution in [-0.4, -0.2) is 54.9 Å². The summed E-state index contributed by atoms with van der Waals surface area (Å²) in [6.45, 7) is 12.1. The van der Waals surface area contributed by atoms with Gasteiger partial charge >= 0.3 is 0 Å². The van der Waals surface area contributed by atoms with Crippen LogP contribution in [0.25, 0.3) is 0 Å². The number of rotatable bonds is 7. The van der Waals surface area contributed by atoms with Crippen molar-refractivity contribution in [3.8, 4) is 0 Å². The topological polar surface area (TPSA) is 67.6 Å². The van der Waals surface area contributed by atoms with Crippen molar-refractivity contribution in [3.63, 3.8) is 0 Å². The number of nitrogens with zero attached hydrogens (tertiary/aromatic N) is 2. The number of aromatic nitrogens is 1. The number of morpholine rings is 1. The molecule has 0 spiro atoms. The summed E-state index contributed by atoms with van der Waals surface area (Å²) in [6.07, 6.45) is 2.22. The van der Waals surface area contributed by atoms with E-state index < -0.39 is 0 Å². The highest BCUT2D eigenvalue weighted by Crippen LogP contribution is 2.20. The van der Waals surface area contributed by atoms with Crippen molar-refractivity contribution in [2.24, 2.45) is 5.92 Å². The van der Waals surface area contributed by atoms with E-state index in [1.807, 2.05) is 0 Å². The molecular formula is C17H29N3O3. The number of carbonyl (C=O) groups excluding carboxylic acids is 1. The largest absolute Gasteiger partial charge is 0.379 e. The monoisotopic (exact) mass is 323 g/mol. The van der Waals surface area contributed by atoms with Gasteiger partial charge in [-0.05, 0) is 19.8 Å². The van der Waals surface area contributed by atoms with Crippen LogP contribution in [0.5, 0.6) is 0 Å². The van der Waals surface area contributed by atoms with Gasteiger partial charge in [0, 0.05) is 25.7 Å². The third-order valence-corrected chi connectivity index (χ3v) is 4.84. The summed E-state index contributed by atoms with van der Waals surface area (Å²) in [7, 11) is 0. The first-order valence-corrected chi connectivity index (χ1v) is 8.61. The Hall–Kier alpha value is -1.40. The average molecular weight is 323 g/mol. The number of ether oxygens (including phenoxy) is 1. The zero-order chi connectivity index (χ0) is 16.8. The molecule has 1 aliphatic heterocycles. The summed E-state index contributed by atoms with van der Waals surface area (Å²) in [5, 5.41) is 6.95. The van der Waals surface area contributed by atoms with Crippen molar-refractivity contribution in [1.82, 2.24) is 15.4 Å². The second-order valence-electron chi connectivity index (χ2n) is 6.20. The molecule has 1 atom stereocenters. The summed E-state index contributed by atoms with van der Waals surface area (Å²) < 4.78 is 10.6. The lowest BCUT2D eigenvalue weighted by atomic mass is 9.92. The predicted octanol–water partition coefficient (Wildman–Crippen LogP) is 2.16. The Morgan fingerprint density at radius 3 is 2.43 bits per heavy atom. The lowest BCUT2D eigenvalue weighted by Gasteiger charge is -2.38. The number of aryl methyl sites for hydroxylation is 2. The van der Waals surface area contributed by atoms with E-state index in [4.69, 9.17) is 9.26 Å². The molecule has 2 rings (SSSR count). The molecule has 0 unspecified atom stereocenters. The van der Waals surface area contributed by atoms with Gasteiger partial charge in [-0.25, -0.2) is 0 Å². The van der Waals surface area contributed by atoms with Crippen LogP contribution >= 0.6 is 0 Å². The van der Waals surface area contributed by atoms with Crippen LogP contribution < -0.4 is 5.32 Å². The first-order chi connectivity index (χ1) is 11.1. The predicted molar refractivity (Wildman–Crippen MR) is 88.6 cm³/mol. The summed E-state index contributed by atoms with van der Waals surface area (Å²) in [6, 6.07) is 0.346. The maximum atomic E-state index is 12.5. The van der Waals surface area contributed by atoms with Crippen molar-refractivity contribution in [2.45, 2.75) is 46.6 Å². The number of hydrogen-bond acceptors (Lipinski definition) is 5. The summed E-state index contributed by atoms with van der Waals surface area (Å²) >= 11 is 0. The number of amides is 1. The molecule has 0 radical (unpaired) electrons. The summed E-state index contributed by atoms with van der Waals surface area (Å²) in [5.74, 6) is 1.05. The van der Waals surface area contributed by atoms with Crippen LogP contribution in [0.15, 0.2) is 4.52 Å². The minimum Gasteiger partial charge on any atom is -0.379 e. The smallest absolute Gasteiger partial charge is 0.256 e. The third kappa shape index (κ3) is 4.32. The second kappa shape index (κ2) is 8.45. The molecular weight excluding hydrogens is 294 g/mol. The van der Waals surface area contributed by atoms with Crippen LogP contribution in [0.1, 0.15) is 48.5 Å². The van der Waals surface area contributed by atoms with Crippen molar-refractivity contribution in [3.05, 3.63) is 17.0 Å². The van der Waals surface area contributed by atoms with Gasteiger partial charge in [0.25, 0.3) is 5.91 Å². The highest BCUT2D eigenvalue weighted by Gasteiger charge is 2.28. The van der Waals surface area contributed by atoms with Crippen molar-refractivity contribution in [1.29, 1.82) is 0 Å². The molecule has 1 fully saturated rings. The normalized spacial score (nSPS) is 17.4. The fraction of sp³-hybridized carbons (Fsp3) is 0.765. The van der Waals surface area contributed by atoms with E-state index >= 15 is 0 Å². The van der Waals surface area contributed by atoms with E-state index in [0.717, 1.165) is 39.1 Å². The van der Waals surface area contributed by atoms with E-state index in [0.29, 0.717) is 35.5 Å². The minimum atomic E-state index is -0.0922. The summed E-state index contributed by atoms with van der Waals surface area (Å²) in [4.78, 5) is 14.9. The van der Waals surface area contributed by atoms with Crippen LogP contribution in [0.3, 0.4) is 0 Å². The molecule has 0 saturated carbocycles. The number of nitrogens with one attached hydrogen (secondary N) is 1. The summed E-state index contributed by atoms with van der Waals surface area (Å²) in [5.41, 5.74) is 1.21. The Kier molecular flexibility index (Phi) is 6.59. The highest BCUT2D eigenvalue weighted by atomic mass is 16.5. The van der Waals surface area contributed by atoms with Gasteiger partial charge in [-0.15, -0.1) is 0 Å². The van der Waals surface area contributed by atoms with Crippen LogP contribution in [0.4, 0.5) is 0 Å². The van der Waals surface area contributed by atoms with E-state index in [-0.39, 0.29) is 5.91 Å². The molecule has 1 saturated heterocycles. The molecule has 130 valence electrons. The lowest BCUT2D eigenvalue weighted by Crippen LogP contribution is -2.52. The van der Waals surface area contributed by atoms with E-state index in [2.05, 4.69) is 29.2 Å². The molecule has 1 aliphatic rings. The Balaban J connectivity index is 2.03. The minimum absolute atomic E-state index is 0.0922. The highest BCUT2D eigenvalue weighted by molar-refractivity contribution is 5.96. The van der Waals surface area contributed by atoms with E-state index in [1.54, 1.807) is 13.8 Å². The van der Waals surface area contributed by atoms with Gasteiger partial charge in [0.05, 0.1) is 18.9 Å². The Morgan fingerprint density at radius 2 is 1.91 bits per heavy atom. The first kappa shape index (κ1) is 17.9. The standard InChI is InChI=1S/C17H29N3O3/c1-5-14(6-2)15(20-7-9-22-10-8-20)11-18-17(21)16-12(3)19-23-13(16)4/h14-15H,5-11H2,1-4H3,(H,18,21)/t15-/m1/s1. The fourth-order valence-electron chi connectivity index (χ4n) is 3.43. The molecule has 1 aromatic heterocycles. The molecule has 6 heteroatoms. The zero-order valence-electron chi connectivity index (χ0n) is 14.7. The Bertz CT molecular complexity index is 486. The molecule has 23 heavy (non-hydrogen) atoms. The Morgan fingerprint density at radius 1 is 1.26 bits per heavy atom. The quantitative estimate of drug-likeness (QED) is 0.833. The van der Waals surface area contributed by atoms with Crippen LogP contribution in [-0.2, 0) is 4.74 Å². The SMILES string of the molecule is CCC(CC)[C@@H](CNC(=O)c1c(C)noc1C)N1CCOCC1. The van der Waals surface area contributed by atoms with Crippen molar-refractivity contribution < 1.29 is 14.1 Å². The maximum Gasteiger partial charge on any atom is 0.256 e. The van der Waals surface area contributed by atoms with Crippen molar-refractivity contribution in [2.75, 3.05) is 32.8 Å². The van der Waals surface area contributed by atoms with E-state index in [1.165, 1.54) is 0 Å². The van der Waals surface area contributed by atoms with Gasteiger partial charge < -0.3 is 14.6 Å². The van der Waals surface area contributed by atoms with Crippen LogP contribution in [0.2, 0.25) is 0 Å². The Labute approximate surface area is 138 Å². The number of carbonyl (C=O) groups is 1. The van der Waals surface area contributed by atoms with Gasteiger partial charge in [0.2, 0.25) is 0 Å². The molecule has 2 heterocycles. The first-order valence-electron chi connectivity index (χ1n) is 8.61. The molecule has 6 nitrogen and oxygen atoms in total. The fourth-order valence-corrected chi connectivity index (χ4v) is 3.43. The van der Waals surface area contributed by atoms with Gasteiger partial charge in [-0.1, -0.05) is 31.8 Å². The van der Waals surface area contributed by atoms with E-state index in [9.17, 15) is 4.79 Å². The molecule has 1 amide bonds. The molecule has 0 aliphatic carbocycles. The van der Waals surface area contributed by atoms with Crippen LogP contribution in [0, 0.1) is 19.8 Å². The van der Waals surface area contributed by atoms with Crippen molar-refractivity contribution >= 4 is 5.91 Å². The van der Waals surface area contributed by atoms with Gasteiger partial charge in [0.15, 0.2) is 0 Å². The molecule has 0 aromatic carbocycles. The van der Waals surface area contributed by atoms with Gasteiger partial charge in [-0.3, -0.25) is 9.69 Å². The molecule has 1 N–H and O–H groups in total. The van der Waals surface area contributed by atoms with Gasteiger partial charge in [0.1, 0.15) is 11.3 Å². The average Bonchev–Trinajstić information content (AvgIpc) is 2.91. The molecule has 0 bridgehead atoms. The second-order valence-corrected chi connectivity index (χ2v) is 6.20. The third-order valence-electron chi connectivity index (χ3n) is 4.84. The zero-order valence-corrected chi connectivity index (χ0v) is 14.7. The van der Waals surface area contributed by atoms with Gasteiger partial charge in [-0.2, -0.15) is 0 Å². The number of hydrogen-bond donors (Lipinski definition) is 1.